The molecule has 94 valence electrons. The van der Waals surface area contributed by atoms with Crippen molar-refractivity contribution in [1.82, 2.24) is 0 Å². The zero-order valence-electron chi connectivity index (χ0n) is 9.64. The molecular formula is C13H18FNO2. The molecule has 3 nitrogen and oxygen atoms in total. The lowest BCUT2D eigenvalue weighted by Crippen LogP contribution is -2.31. The number of halogens is 1. The third-order valence-corrected chi connectivity index (χ3v) is 3.61. The standard InChI is InChI=1S/C13H18FNO2/c14-10-7-9(5-6-11(10)16)12(15)13(17)8-3-1-2-4-8/h5-8,12-13,16-17H,1-4,15H2/t12-,13+/m0/s1. The molecule has 0 aromatic heterocycles. The van der Waals surface area contributed by atoms with Gasteiger partial charge in [-0.25, -0.2) is 4.39 Å². The molecule has 1 fully saturated rings. The van der Waals surface area contributed by atoms with Gasteiger partial charge in [0.15, 0.2) is 11.6 Å². The van der Waals surface area contributed by atoms with Crippen molar-refractivity contribution in [2.45, 2.75) is 37.8 Å². The van der Waals surface area contributed by atoms with Crippen molar-refractivity contribution in [1.29, 1.82) is 0 Å². The number of benzene rings is 1. The predicted molar refractivity (Wildman–Crippen MR) is 63.0 cm³/mol. The van der Waals surface area contributed by atoms with Gasteiger partial charge in [0.2, 0.25) is 0 Å². The quantitative estimate of drug-likeness (QED) is 0.756. The first-order chi connectivity index (χ1) is 8.09. The second-order valence-electron chi connectivity index (χ2n) is 4.77. The van der Waals surface area contributed by atoms with Crippen molar-refractivity contribution < 1.29 is 14.6 Å². The highest BCUT2D eigenvalue weighted by atomic mass is 19.1. The van der Waals surface area contributed by atoms with Crippen LogP contribution < -0.4 is 5.73 Å². The first-order valence-electron chi connectivity index (χ1n) is 6.01. The molecule has 0 spiro atoms. The highest BCUT2D eigenvalue weighted by Crippen LogP contribution is 2.33. The molecule has 1 aromatic carbocycles. The van der Waals surface area contributed by atoms with E-state index in [-0.39, 0.29) is 5.92 Å². The Balaban J connectivity index is 2.12. The maximum atomic E-state index is 13.2. The Bertz CT molecular complexity index is 391. The van der Waals surface area contributed by atoms with Crippen molar-refractivity contribution in [2.75, 3.05) is 0 Å². The summed E-state index contributed by atoms with van der Waals surface area (Å²) >= 11 is 0. The van der Waals surface area contributed by atoms with Gasteiger partial charge in [0.05, 0.1) is 12.1 Å². The van der Waals surface area contributed by atoms with Crippen LogP contribution in [0.5, 0.6) is 5.75 Å². The van der Waals surface area contributed by atoms with Gasteiger partial charge in [-0.2, -0.15) is 0 Å². The Labute approximate surface area is 100 Å². The van der Waals surface area contributed by atoms with E-state index in [0.717, 1.165) is 25.7 Å². The fourth-order valence-electron chi connectivity index (χ4n) is 2.52. The van der Waals surface area contributed by atoms with Crippen molar-refractivity contribution in [3.05, 3.63) is 29.6 Å². The van der Waals surface area contributed by atoms with E-state index in [1.54, 1.807) is 6.07 Å². The van der Waals surface area contributed by atoms with Crippen molar-refractivity contribution in [2.24, 2.45) is 11.7 Å². The third-order valence-electron chi connectivity index (χ3n) is 3.61. The molecule has 0 saturated heterocycles. The van der Waals surface area contributed by atoms with E-state index in [1.807, 2.05) is 0 Å². The van der Waals surface area contributed by atoms with Crippen LogP contribution in [0.1, 0.15) is 37.3 Å². The zero-order chi connectivity index (χ0) is 12.4. The average molecular weight is 239 g/mol. The van der Waals surface area contributed by atoms with Gasteiger partial charge in [-0.1, -0.05) is 18.9 Å². The average Bonchev–Trinajstić information content (AvgIpc) is 2.84. The van der Waals surface area contributed by atoms with Gasteiger partial charge in [0, 0.05) is 0 Å². The van der Waals surface area contributed by atoms with Gasteiger partial charge in [-0.3, -0.25) is 0 Å². The van der Waals surface area contributed by atoms with Crippen LogP contribution in [0, 0.1) is 11.7 Å². The second kappa shape index (κ2) is 5.02. The summed E-state index contributed by atoms with van der Waals surface area (Å²) in [5.74, 6) is -0.880. The molecule has 1 aliphatic rings. The molecule has 0 bridgehead atoms. The van der Waals surface area contributed by atoms with Gasteiger partial charge < -0.3 is 15.9 Å². The Morgan fingerprint density at radius 3 is 2.53 bits per heavy atom. The molecule has 2 atom stereocenters. The molecule has 17 heavy (non-hydrogen) atoms. The molecular weight excluding hydrogens is 221 g/mol. The fraction of sp³-hybridized carbons (Fsp3) is 0.538. The summed E-state index contributed by atoms with van der Waals surface area (Å²) in [7, 11) is 0. The second-order valence-corrected chi connectivity index (χ2v) is 4.77. The monoisotopic (exact) mass is 239 g/mol. The van der Waals surface area contributed by atoms with E-state index in [9.17, 15) is 9.50 Å². The van der Waals surface area contributed by atoms with Gasteiger partial charge >= 0.3 is 0 Å². The van der Waals surface area contributed by atoms with E-state index >= 15 is 0 Å². The molecule has 0 heterocycles. The lowest BCUT2D eigenvalue weighted by atomic mass is 9.91. The van der Waals surface area contributed by atoms with Crippen molar-refractivity contribution in [3.63, 3.8) is 0 Å². The molecule has 1 saturated carbocycles. The van der Waals surface area contributed by atoms with Gasteiger partial charge in [0.1, 0.15) is 0 Å². The predicted octanol–water partition coefficient (Wildman–Crippen LogP) is 2.08. The Kier molecular flexibility index (Phi) is 3.64. The Hall–Kier alpha value is -1.13. The molecule has 0 aliphatic heterocycles. The van der Waals surface area contributed by atoms with Crippen LogP contribution in [0.25, 0.3) is 0 Å². The number of hydrogen-bond donors (Lipinski definition) is 3. The number of phenols is 1. The third kappa shape index (κ3) is 2.58. The smallest absolute Gasteiger partial charge is 0.165 e. The number of aliphatic hydroxyl groups excluding tert-OH is 1. The molecule has 0 amide bonds. The number of aromatic hydroxyl groups is 1. The van der Waals surface area contributed by atoms with Gasteiger partial charge in [-0.05, 0) is 36.5 Å². The van der Waals surface area contributed by atoms with E-state index in [4.69, 9.17) is 10.8 Å². The normalized spacial score (nSPS) is 20.4. The van der Waals surface area contributed by atoms with E-state index in [2.05, 4.69) is 0 Å². The number of aliphatic hydroxyl groups is 1. The van der Waals surface area contributed by atoms with Gasteiger partial charge in [0.25, 0.3) is 0 Å². The molecule has 4 N–H and O–H groups in total. The SMILES string of the molecule is N[C@@H](c1ccc(O)c(F)c1)[C@H](O)C1CCCC1. The summed E-state index contributed by atoms with van der Waals surface area (Å²) in [6.07, 6.45) is 3.57. The van der Waals surface area contributed by atoms with Crippen LogP contribution in [-0.2, 0) is 0 Å². The minimum absolute atomic E-state index is 0.210. The summed E-state index contributed by atoms with van der Waals surface area (Å²) in [5.41, 5.74) is 6.47. The summed E-state index contributed by atoms with van der Waals surface area (Å²) in [6, 6.07) is 3.43. The van der Waals surface area contributed by atoms with E-state index < -0.39 is 23.7 Å². The Morgan fingerprint density at radius 2 is 1.94 bits per heavy atom. The molecule has 2 rings (SSSR count). The zero-order valence-corrected chi connectivity index (χ0v) is 9.64. The van der Waals surface area contributed by atoms with Crippen LogP contribution in [0.15, 0.2) is 18.2 Å². The maximum Gasteiger partial charge on any atom is 0.165 e. The van der Waals surface area contributed by atoms with Crippen LogP contribution in [0.3, 0.4) is 0 Å². The minimum Gasteiger partial charge on any atom is -0.505 e. The number of phenolic OH excluding ortho intramolecular Hbond substituents is 1. The highest BCUT2D eigenvalue weighted by molar-refractivity contribution is 5.30. The summed E-state index contributed by atoms with van der Waals surface area (Å²) in [6.45, 7) is 0. The summed E-state index contributed by atoms with van der Waals surface area (Å²) < 4.78 is 13.2. The first kappa shape index (κ1) is 12.3. The van der Waals surface area contributed by atoms with Crippen LogP contribution in [0.4, 0.5) is 4.39 Å². The molecule has 0 unspecified atom stereocenters. The van der Waals surface area contributed by atoms with E-state index in [0.29, 0.717) is 5.56 Å². The topological polar surface area (TPSA) is 66.5 Å². The first-order valence-corrected chi connectivity index (χ1v) is 6.01. The van der Waals surface area contributed by atoms with Crippen molar-refractivity contribution in [3.8, 4) is 5.75 Å². The summed E-state index contributed by atoms with van der Waals surface area (Å²) in [4.78, 5) is 0. The molecule has 4 heteroatoms. The minimum atomic E-state index is -0.698. The fourth-order valence-corrected chi connectivity index (χ4v) is 2.52. The van der Waals surface area contributed by atoms with Crippen molar-refractivity contribution >= 4 is 0 Å². The molecule has 1 aromatic rings. The Morgan fingerprint density at radius 1 is 1.29 bits per heavy atom. The van der Waals surface area contributed by atoms with Crippen LogP contribution in [-0.4, -0.2) is 16.3 Å². The molecule has 1 aliphatic carbocycles. The van der Waals surface area contributed by atoms with Crippen LogP contribution >= 0.6 is 0 Å². The lowest BCUT2D eigenvalue weighted by Gasteiger charge is -2.24. The molecule has 0 radical (unpaired) electrons. The summed E-state index contributed by atoms with van der Waals surface area (Å²) in [5, 5.41) is 19.2. The van der Waals surface area contributed by atoms with E-state index in [1.165, 1.54) is 12.1 Å². The number of nitrogens with two attached hydrogens (primary N) is 1. The highest BCUT2D eigenvalue weighted by Gasteiger charge is 2.29. The van der Waals surface area contributed by atoms with Crippen LogP contribution in [0.2, 0.25) is 0 Å². The van der Waals surface area contributed by atoms with Gasteiger partial charge in [-0.15, -0.1) is 0 Å². The largest absolute Gasteiger partial charge is 0.505 e. The number of rotatable bonds is 3. The maximum absolute atomic E-state index is 13.2. The number of hydrogen-bond acceptors (Lipinski definition) is 3. The lowest BCUT2D eigenvalue weighted by molar-refractivity contribution is 0.0844.